The maximum absolute atomic E-state index is 9.03. The monoisotopic (exact) mass is 1270 g/mol. The molecule has 6 aromatic heterocycles. The Balaban J connectivity index is 0.000000116. The molecule has 0 radical (unpaired) electrons. The minimum atomic E-state index is 0.586. The Morgan fingerprint density at radius 2 is 0.670 bits per heavy atom. The van der Waals surface area contributed by atoms with E-state index in [-0.39, 0.29) is 0 Å². The van der Waals surface area contributed by atoms with Crippen LogP contribution in [0.5, 0.6) is 0 Å². The maximum atomic E-state index is 9.03. The van der Waals surface area contributed by atoms with Crippen molar-refractivity contribution < 1.29 is 0 Å². The second kappa shape index (κ2) is 26.5. The van der Waals surface area contributed by atoms with Crippen molar-refractivity contribution in [1.82, 2.24) is 65.1 Å². The molecule has 3 aliphatic heterocycles. The van der Waals surface area contributed by atoms with Gasteiger partial charge in [-0.15, -0.1) is 0 Å². The van der Waals surface area contributed by atoms with Crippen molar-refractivity contribution in [3.8, 4) is 74.4 Å². The Bertz CT molecular complexity index is 5460. The lowest BCUT2D eigenvalue weighted by molar-refractivity contribution is 0.951. The van der Waals surface area contributed by atoms with E-state index in [1.807, 2.05) is 78.9 Å². The van der Waals surface area contributed by atoms with E-state index < -0.39 is 0 Å². The van der Waals surface area contributed by atoms with Crippen molar-refractivity contribution >= 4 is 94.8 Å². The molecular formula is C76H61N21. The molecule has 21 heteroatoms. The largest absolute Gasteiger partial charge is 0.368 e. The standard InChI is InChI=1S/C27H23N7.C25H18N6.C22H12N6.C2H8N2/c1-2-20(28-11-1)18-7-9-21-23(14-18)33-26(31-21)16-3-5-17(6-4-16)27-32-22-10-8-19(15-24(22)34-27)25-29-12-13-30-25;1-26-18-9-11-21-23(14-18)31-25(29-21)16-6-4-15(5-7-16)24-28-20-10-8-17(13-22(20)30-24)19-3-2-12-27-19;1-24-16-7-9-18-20(11-16)28-22(26-18)15-5-3-14(4-6-15)21-25-17-8-2-13(12-23)10-19(17)27-21;3-1-2-4/h3-10,14-15H,1-2,11-13H2,(H,29,30)(H,31,33)(H,32,34);4-11,13-14H,2-3,12H2,(H,28,30)(H,29,31);2-11H,(H,25,27)(H,26,28);1-4H2. The number of hydrogen-bond acceptors (Lipinski definition) is 13. The van der Waals surface area contributed by atoms with Crippen molar-refractivity contribution in [1.29, 1.82) is 5.26 Å². The molecule has 18 rings (SSSR count). The van der Waals surface area contributed by atoms with Crippen LogP contribution in [0.1, 0.15) is 47.9 Å². The average Bonchev–Trinajstić information content (AvgIpc) is 1.69. The highest BCUT2D eigenvalue weighted by molar-refractivity contribution is 6.05. The fourth-order valence-electron chi connectivity index (χ4n) is 12.1. The highest BCUT2D eigenvalue weighted by Gasteiger charge is 2.17. The normalized spacial score (nSPS) is 13.2. The Labute approximate surface area is 555 Å². The van der Waals surface area contributed by atoms with Gasteiger partial charge in [0.15, 0.2) is 11.4 Å². The molecule has 97 heavy (non-hydrogen) atoms. The number of aromatic nitrogens is 12. The summed E-state index contributed by atoms with van der Waals surface area (Å²) in [5.41, 5.74) is 34.4. The van der Waals surface area contributed by atoms with Crippen LogP contribution in [0.15, 0.2) is 197 Å². The van der Waals surface area contributed by atoms with Crippen LogP contribution in [-0.2, 0) is 0 Å². The van der Waals surface area contributed by atoms with Gasteiger partial charge < -0.3 is 46.7 Å². The number of hydrogen-bond donors (Lipinski definition) is 9. The Morgan fingerprint density at radius 1 is 0.361 bits per heavy atom. The zero-order chi connectivity index (χ0) is 65.8. The third-order valence-corrected chi connectivity index (χ3v) is 17.1. The molecule has 0 bridgehead atoms. The number of rotatable bonds is 10. The van der Waals surface area contributed by atoms with Gasteiger partial charge >= 0.3 is 0 Å². The summed E-state index contributed by atoms with van der Waals surface area (Å²) in [7, 11) is 0. The third kappa shape index (κ3) is 12.7. The van der Waals surface area contributed by atoms with Gasteiger partial charge in [-0.2, -0.15) is 5.26 Å². The van der Waals surface area contributed by atoms with E-state index >= 15 is 0 Å². The summed E-state index contributed by atoms with van der Waals surface area (Å²) in [6, 6.07) is 61.8. The van der Waals surface area contributed by atoms with Crippen LogP contribution in [-0.4, -0.2) is 116 Å². The Hall–Kier alpha value is -13.0. The van der Waals surface area contributed by atoms with Crippen LogP contribution in [0.3, 0.4) is 0 Å². The molecule has 0 fully saturated rings. The minimum Gasteiger partial charge on any atom is -0.368 e. The van der Waals surface area contributed by atoms with E-state index in [2.05, 4.69) is 154 Å². The molecule has 3 aliphatic rings. The number of imidazole rings is 6. The molecule has 21 nitrogen and oxygen atoms in total. The lowest BCUT2D eigenvalue weighted by atomic mass is 10.1. The van der Waals surface area contributed by atoms with E-state index in [0.717, 1.165) is 198 Å². The molecule has 0 saturated carbocycles. The molecule has 9 heterocycles. The first-order chi connectivity index (χ1) is 47.7. The number of nitrogens with zero attached hydrogens (tertiary/aromatic N) is 12. The van der Waals surface area contributed by atoms with Gasteiger partial charge in [0, 0.05) is 83.1 Å². The highest BCUT2D eigenvalue weighted by atomic mass is 15.1. The molecule has 0 atom stereocenters. The number of benzene rings is 9. The number of aromatic amines is 6. The highest BCUT2D eigenvalue weighted by Crippen LogP contribution is 2.32. The summed E-state index contributed by atoms with van der Waals surface area (Å²) >= 11 is 0. The Morgan fingerprint density at radius 3 is 0.979 bits per heavy atom. The van der Waals surface area contributed by atoms with Gasteiger partial charge in [-0.1, -0.05) is 97.1 Å². The van der Waals surface area contributed by atoms with Crippen molar-refractivity contribution in [2.45, 2.75) is 25.7 Å². The van der Waals surface area contributed by atoms with E-state index in [0.29, 0.717) is 30.0 Å². The fourth-order valence-corrected chi connectivity index (χ4v) is 12.1. The van der Waals surface area contributed by atoms with E-state index in [4.69, 9.17) is 44.8 Å². The van der Waals surface area contributed by atoms with Crippen LogP contribution in [0.2, 0.25) is 0 Å². The summed E-state index contributed by atoms with van der Waals surface area (Å²) < 4.78 is 0. The third-order valence-electron chi connectivity index (χ3n) is 17.1. The summed E-state index contributed by atoms with van der Waals surface area (Å²) in [5, 5.41) is 12.4. The molecular weight excluding hydrogens is 1210 g/mol. The summed E-state index contributed by atoms with van der Waals surface area (Å²) in [6.07, 6.45) is 4.39. The van der Waals surface area contributed by atoms with Crippen molar-refractivity contribution in [2.24, 2.45) is 26.4 Å². The number of H-pyrrole nitrogens is 6. The lowest BCUT2D eigenvalue weighted by Crippen LogP contribution is -2.19. The van der Waals surface area contributed by atoms with Crippen LogP contribution >= 0.6 is 0 Å². The van der Waals surface area contributed by atoms with E-state index in [1.54, 1.807) is 30.3 Å². The van der Waals surface area contributed by atoms with Gasteiger partial charge in [0.1, 0.15) is 40.8 Å². The molecule has 0 aliphatic carbocycles. The number of amidine groups is 1. The van der Waals surface area contributed by atoms with Gasteiger partial charge in [0.2, 0.25) is 0 Å². The first kappa shape index (κ1) is 60.3. The van der Waals surface area contributed by atoms with Crippen molar-refractivity contribution in [3.05, 3.63) is 227 Å². The number of nitriles is 1. The van der Waals surface area contributed by atoms with Crippen LogP contribution in [0, 0.1) is 24.5 Å². The van der Waals surface area contributed by atoms with Crippen molar-refractivity contribution in [2.75, 3.05) is 39.3 Å². The smallest absolute Gasteiger partial charge is 0.189 e. The van der Waals surface area contributed by atoms with E-state index in [9.17, 15) is 0 Å². The molecule has 0 saturated heterocycles. The van der Waals surface area contributed by atoms with Gasteiger partial charge in [0.25, 0.3) is 0 Å². The second-order valence-corrected chi connectivity index (χ2v) is 23.5. The average molecular weight is 1270 g/mol. The summed E-state index contributed by atoms with van der Waals surface area (Å²) in [4.78, 5) is 69.1. The predicted octanol–water partition coefficient (Wildman–Crippen LogP) is 14.7. The maximum Gasteiger partial charge on any atom is 0.189 e. The number of fused-ring (bicyclic) bond motifs is 6. The molecule has 0 amide bonds. The fraction of sp³-hybridized carbons (Fsp3) is 0.132. The van der Waals surface area contributed by atoms with Crippen molar-refractivity contribution in [3.63, 3.8) is 0 Å². The first-order valence-corrected chi connectivity index (χ1v) is 31.9. The summed E-state index contributed by atoms with van der Waals surface area (Å²) in [5.74, 6) is 5.82. The van der Waals surface area contributed by atoms with Crippen LogP contribution in [0.25, 0.3) is 144 Å². The van der Waals surface area contributed by atoms with Gasteiger partial charge in [-0.05, 0) is 122 Å². The van der Waals surface area contributed by atoms with Gasteiger partial charge in [-0.3, -0.25) is 15.0 Å². The lowest BCUT2D eigenvalue weighted by Gasteiger charge is -2.01. The number of nitrogens with one attached hydrogen (secondary N) is 7. The van der Waals surface area contributed by atoms with Crippen LogP contribution in [0.4, 0.5) is 11.4 Å². The first-order valence-electron chi connectivity index (χ1n) is 31.9. The van der Waals surface area contributed by atoms with Crippen LogP contribution < -0.4 is 16.8 Å². The zero-order valence-corrected chi connectivity index (χ0v) is 52.4. The molecule has 15 aromatic rings. The molecule has 0 unspecified atom stereocenters. The second-order valence-electron chi connectivity index (χ2n) is 23.5. The summed E-state index contributed by atoms with van der Waals surface area (Å²) in [6.45, 7) is 19.1. The van der Waals surface area contributed by atoms with E-state index in [1.165, 1.54) is 22.6 Å². The SMILES string of the molecule is NCCN.[C-]#[N+]c1ccc2nc(-c3ccc(-c4nc5ccc(C#N)cc5[nH]4)cc3)[nH]c2c1.[C-]#[N+]c1ccc2nc(-c3ccc(-c4nc5ccc(C6=NCCC6)cc5[nH]4)cc3)[nH]c2c1.c1cc2nc(-c3ccc(-c4nc5ccc(C6=NCCN6)cc5[nH]4)cc3)[nH]c2cc1C1=NCCC1. The number of aliphatic imine (C=N–C) groups is 3. The van der Waals surface area contributed by atoms with Gasteiger partial charge in [-0.25, -0.2) is 39.6 Å². The number of nitrogens with two attached hydrogens (primary N) is 2. The topological polar surface area (TPSA) is 306 Å². The Kier molecular flexibility index (Phi) is 16.5. The molecule has 11 N–H and O–H groups in total. The van der Waals surface area contributed by atoms with Gasteiger partial charge in [0.05, 0.1) is 97.5 Å². The predicted molar refractivity (Wildman–Crippen MR) is 386 cm³/mol. The molecule has 9 aromatic carbocycles. The minimum absolute atomic E-state index is 0.586. The molecule has 470 valence electrons. The molecule has 0 spiro atoms. The zero-order valence-electron chi connectivity index (χ0n) is 52.4. The quantitative estimate of drug-likeness (QED) is 0.0583.